The highest BCUT2D eigenvalue weighted by Crippen LogP contribution is 2.32. The summed E-state index contributed by atoms with van der Waals surface area (Å²) in [5.41, 5.74) is -0.877. The van der Waals surface area contributed by atoms with E-state index in [9.17, 15) is 13.2 Å². The van der Waals surface area contributed by atoms with Crippen LogP contribution in [0.4, 0.5) is 19.0 Å². The molecule has 120 valence electrons. The number of hydrogen-bond donors (Lipinski definition) is 1. The Kier molecular flexibility index (Phi) is 4.97. The van der Waals surface area contributed by atoms with E-state index in [0.29, 0.717) is 6.54 Å². The molecule has 1 unspecified atom stereocenters. The molecule has 22 heavy (non-hydrogen) atoms. The molecular weight excluding hydrogens is 319 g/mol. The van der Waals surface area contributed by atoms with Gasteiger partial charge >= 0.3 is 6.18 Å². The number of halogens is 4. The van der Waals surface area contributed by atoms with Crippen molar-refractivity contribution in [2.45, 2.75) is 12.2 Å². The number of aromatic nitrogens is 1. The van der Waals surface area contributed by atoms with Crippen molar-refractivity contribution in [3.05, 3.63) is 47.0 Å². The van der Waals surface area contributed by atoms with Crippen molar-refractivity contribution < 1.29 is 17.6 Å². The van der Waals surface area contributed by atoms with E-state index < -0.39 is 11.7 Å². The van der Waals surface area contributed by atoms with Gasteiger partial charge in [0.2, 0.25) is 0 Å². The van der Waals surface area contributed by atoms with Gasteiger partial charge in [0, 0.05) is 12.7 Å². The minimum Gasteiger partial charge on any atom is -0.468 e. The van der Waals surface area contributed by atoms with Crippen molar-refractivity contribution >= 4 is 17.4 Å². The Morgan fingerprint density at radius 2 is 2.14 bits per heavy atom. The first-order valence-electron chi connectivity index (χ1n) is 6.45. The number of nitrogens with zero attached hydrogens (tertiary/aromatic N) is 2. The molecular formula is C14H15ClF3N3O. The molecule has 2 aromatic heterocycles. The molecule has 0 saturated carbocycles. The zero-order chi connectivity index (χ0) is 16.3. The van der Waals surface area contributed by atoms with Crippen molar-refractivity contribution in [3.63, 3.8) is 0 Å². The highest BCUT2D eigenvalue weighted by Gasteiger charge is 2.31. The quantitative estimate of drug-likeness (QED) is 0.896. The molecule has 2 heterocycles. The average molecular weight is 334 g/mol. The van der Waals surface area contributed by atoms with Crippen LogP contribution in [0, 0.1) is 0 Å². The second kappa shape index (κ2) is 6.58. The standard InChI is InChI=1S/C14H15ClF3N3O/c1-21(2)11(12-4-3-5-22-12)8-20-13-10(15)6-9(7-19-13)14(16,17)18/h3-7,11H,8H2,1-2H3,(H,19,20). The fraction of sp³-hybridized carbons (Fsp3) is 0.357. The molecule has 0 aliphatic heterocycles. The van der Waals surface area contributed by atoms with E-state index in [1.807, 2.05) is 25.1 Å². The van der Waals surface area contributed by atoms with E-state index in [2.05, 4.69) is 10.3 Å². The molecule has 1 N–H and O–H groups in total. The number of rotatable bonds is 5. The Balaban J connectivity index is 2.10. The molecule has 0 fully saturated rings. The molecule has 0 saturated heterocycles. The molecule has 2 rings (SSSR count). The molecule has 4 nitrogen and oxygen atoms in total. The Bertz CT molecular complexity index is 614. The second-order valence-corrected chi connectivity index (χ2v) is 5.34. The first-order chi connectivity index (χ1) is 10.3. The Hall–Kier alpha value is -1.73. The third-order valence-corrected chi connectivity index (χ3v) is 3.41. The fourth-order valence-electron chi connectivity index (χ4n) is 1.93. The number of alkyl halides is 3. The smallest absolute Gasteiger partial charge is 0.417 e. The predicted molar refractivity (Wildman–Crippen MR) is 77.9 cm³/mol. The molecule has 0 aliphatic rings. The number of hydrogen-bond acceptors (Lipinski definition) is 4. The summed E-state index contributed by atoms with van der Waals surface area (Å²) in [7, 11) is 3.74. The van der Waals surface area contributed by atoms with Crippen LogP contribution in [0.1, 0.15) is 17.4 Å². The average Bonchev–Trinajstić information content (AvgIpc) is 2.93. The van der Waals surface area contributed by atoms with E-state index in [1.54, 1.807) is 12.3 Å². The van der Waals surface area contributed by atoms with Gasteiger partial charge in [0.25, 0.3) is 0 Å². The lowest BCUT2D eigenvalue weighted by molar-refractivity contribution is -0.137. The first-order valence-corrected chi connectivity index (χ1v) is 6.83. The highest BCUT2D eigenvalue weighted by molar-refractivity contribution is 6.32. The maximum atomic E-state index is 12.6. The molecule has 2 aromatic rings. The Morgan fingerprint density at radius 1 is 1.41 bits per heavy atom. The number of likely N-dealkylation sites (N-methyl/N-ethyl adjacent to an activating group) is 1. The van der Waals surface area contributed by atoms with Crippen LogP contribution < -0.4 is 5.32 Å². The minimum atomic E-state index is -4.46. The lowest BCUT2D eigenvalue weighted by Crippen LogP contribution is -2.26. The van der Waals surface area contributed by atoms with Crippen LogP contribution in [0.3, 0.4) is 0 Å². The van der Waals surface area contributed by atoms with Crippen molar-refractivity contribution in [1.29, 1.82) is 0 Å². The van der Waals surface area contributed by atoms with Gasteiger partial charge in [0.1, 0.15) is 11.6 Å². The van der Waals surface area contributed by atoms with Crippen molar-refractivity contribution in [2.75, 3.05) is 26.0 Å². The molecule has 0 aromatic carbocycles. The third kappa shape index (κ3) is 3.92. The number of pyridine rings is 1. The summed E-state index contributed by atoms with van der Waals surface area (Å²) < 4.78 is 43.1. The van der Waals surface area contributed by atoms with Gasteiger partial charge in [-0.25, -0.2) is 4.98 Å². The molecule has 0 aliphatic carbocycles. The van der Waals surface area contributed by atoms with E-state index in [-0.39, 0.29) is 16.9 Å². The zero-order valence-electron chi connectivity index (χ0n) is 12.0. The number of nitrogens with one attached hydrogen (secondary N) is 1. The van der Waals surface area contributed by atoms with Crippen LogP contribution in [0.2, 0.25) is 5.02 Å². The van der Waals surface area contributed by atoms with Gasteiger partial charge in [-0.3, -0.25) is 4.90 Å². The van der Waals surface area contributed by atoms with Crippen molar-refractivity contribution in [2.24, 2.45) is 0 Å². The first kappa shape index (κ1) is 16.6. The summed E-state index contributed by atoms with van der Waals surface area (Å²) >= 11 is 5.86. The van der Waals surface area contributed by atoms with Gasteiger partial charge < -0.3 is 9.73 Å². The summed E-state index contributed by atoms with van der Waals surface area (Å²) in [5.74, 6) is 0.939. The van der Waals surface area contributed by atoms with Gasteiger partial charge in [-0.2, -0.15) is 13.2 Å². The summed E-state index contributed by atoms with van der Waals surface area (Å²) in [6.45, 7) is 0.387. The normalized spacial score (nSPS) is 13.4. The summed E-state index contributed by atoms with van der Waals surface area (Å²) in [4.78, 5) is 5.67. The second-order valence-electron chi connectivity index (χ2n) is 4.93. The lowest BCUT2D eigenvalue weighted by Gasteiger charge is -2.23. The summed E-state index contributed by atoms with van der Waals surface area (Å²) in [6.07, 6.45) is -2.14. The van der Waals surface area contributed by atoms with Crippen LogP contribution in [0.25, 0.3) is 0 Å². The Morgan fingerprint density at radius 3 is 2.64 bits per heavy atom. The van der Waals surface area contributed by atoms with Gasteiger partial charge in [-0.1, -0.05) is 11.6 Å². The molecule has 0 spiro atoms. The lowest BCUT2D eigenvalue weighted by atomic mass is 10.2. The van der Waals surface area contributed by atoms with Crippen LogP contribution >= 0.6 is 11.6 Å². The van der Waals surface area contributed by atoms with E-state index in [4.69, 9.17) is 16.0 Å². The topological polar surface area (TPSA) is 41.3 Å². The third-order valence-electron chi connectivity index (χ3n) is 3.13. The van der Waals surface area contributed by atoms with Gasteiger partial charge in [0.05, 0.1) is 22.9 Å². The summed E-state index contributed by atoms with van der Waals surface area (Å²) in [5, 5.41) is 2.87. The molecule has 1 atom stereocenters. The monoisotopic (exact) mass is 333 g/mol. The van der Waals surface area contributed by atoms with Gasteiger partial charge in [0.15, 0.2) is 0 Å². The molecule has 0 amide bonds. The van der Waals surface area contributed by atoms with Crippen molar-refractivity contribution in [1.82, 2.24) is 9.88 Å². The van der Waals surface area contributed by atoms with Crippen LogP contribution in [0.15, 0.2) is 35.1 Å². The van der Waals surface area contributed by atoms with Gasteiger partial charge in [-0.05, 0) is 32.3 Å². The van der Waals surface area contributed by atoms with E-state index in [0.717, 1.165) is 18.0 Å². The summed E-state index contributed by atoms with van der Waals surface area (Å²) in [6, 6.07) is 4.35. The molecule has 0 radical (unpaired) electrons. The maximum absolute atomic E-state index is 12.6. The number of anilines is 1. The van der Waals surface area contributed by atoms with Crippen LogP contribution in [0.5, 0.6) is 0 Å². The minimum absolute atomic E-state index is 0.0771. The highest BCUT2D eigenvalue weighted by atomic mass is 35.5. The van der Waals surface area contributed by atoms with Gasteiger partial charge in [-0.15, -0.1) is 0 Å². The number of furan rings is 1. The van der Waals surface area contributed by atoms with E-state index in [1.165, 1.54) is 0 Å². The van der Waals surface area contributed by atoms with Crippen molar-refractivity contribution in [3.8, 4) is 0 Å². The molecule has 0 bridgehead atoms. The van der Waals surface area contributed by atoms with Crippen LogP contribution in [-0.4, -0.2) is 30.5 Å². The SMILES string of the molecule is CN(C)C(CNc1ncc(C(F)(F)F)cc1Cl)c1ccco1. The van der Waals surface area contributed by atoms with Crippen LogP contribution in [-0.2, 0) is 6.18 Å². The molecule has 8 heteroatoms. The zero-order valence-corrected chi connectivity index (χ0v) is 12.7. The maximum Gasteiger partial charge on any atom is 0.417 e. The predicted octanol–water partition coefficient (Wildman–Crippen LogP) is 4.06. The Labute approximate surface area is 130 Å². The fourth-order valence-corrected chi connectivity index (χ4v) is 2.17. The van der Waals surface area contributed by atoms with E-state index >= 15 is 0 Å². The largest absolute Gasteiger partial charge is 0.468 e.